The van der Waals surface area contributed by atoms with Crippen LogP contribution in [0.4, 0.5) is 0 Å². The molecule has 0 bridgehead atoms. The summed E-state index contributed by atoms with van der Waals surface area (Å²) in [5.41, 5.74) is 1.24. The van der Waals surface area contributed by atoms with Crippen molar-refractivity contribution in [3.05, 3.63) is 36.1 Å². The SMILES string of the molecule is CC(C)/C=C\C=C1\C=COC1. The third-order valence-corrected chi connectivity index (χ3v) is 1.43. The van der Waals surface area contributed by atoms with Crippen molar-refractivity contribution < 1.29 is 4.74 Å². The summed E-state index contributed by atoms with van der Waals surface area (Å²) >= 11 is 0. The standard InChI is InChI=1S/C10H14O/c1-9(2)4-3-5-10-6-7-11-8-10/h3-7,9H,8H2,1-2H3/b4-3-,10-5-. The van der Waals surface area contributed by atoms with Crippen LogP contribution in [0.3, 0.4) is 0 Å². The first-order chi connectivity index (χ1) is 5.29. The van der Waals surface area contributed by atoms with Crippen molar-refractivity contribution in [3.63, 3.8) is 0 Å². The van der Waals surface area contributed by atoms with Gasteiger partial charge in [0.25, 0.3) is 0 Å². The molecule has 60 valence electrons. The Hall–Kier alpha value is -0.980. The van der Waals surface area contributed by atoms with Crippen molar-refractivity contribution >= 4 is 0 Å². The molecule has 0 N–H and O–H groups in total. The van der Waals surface area contributed by atoms with E-state index in [4.69, 9.17) is 4.74 Å². The van der Waals surface area contributed by atoms with E-state index in [0.717, 1.165) is 6.61 Å². The molecule has 0 spiro atoms. The number of rotatable bonds is 2. The summed E-state index contributed by atoms with van der Waals surface area (Å²) in [7, 11) is 0. The molecule has 1 aliphatic rings. The van der Waals surface area contributed by atoms with Gasteiger partial charge in [0.1, 0.15) is 6.61 Å². The Balaban J connectivity index is 2.40. The summed E-state index contributed by atoms with van der Waals surface area (Å²) < 4.78 is 5.03. The van der Waals surface area contributed by atoms with Crippen LogP contribution >= 0.6 is 0 Å². The van der Waals surface area contributed by atoms with Crippen molar-refractivity contribution in [2.75, 3.05) is 6.61 Å². The van der Waals surface area contributed by atoms with Gasteiger partial charge in [-0.05, 0) is 17.6 Å². The van der Waals surface area contributed by atoms with Gasteiger partial charge in [-0.3, -0.25) is 0 Å². The second-order valence-electron chi connectivity index (χ2n) is 2.98. The van der Waals surface area contributed by atoms with Gasteiger partial charge in [-0.2, -0.15) is 0 Å². The Kier molecular flexibility index (Phi) is 2.96. The highest BCUT2D eigenvalue weighted by Crippen LogP contribution is 2.06. The van der Waals surface area contributed by atoms with Crippen molar-refractivity contribution in [1.29, 1.82) is 0 Å². The molecular weight excluding hydrogens is 136 g/mol. The van der Waals surface area contributed by atoms with Gasteiger partial charge in [-0.25, -0.2) is 0 Å². The minimum Gasteiger partial charge on any atom is -0.497 e. The first-order valence-corrected chi connectivity index (χ1v) is 3.94. The Morgan fingerprint density at radius 3 is 2.91 bits per heavy atom. The van der Waals surface area contributed by atoms with Gasteiger partial charge in [0.2, 0.25) is 0 Å². The maximum atomic E-state index is 5.03. The molecule has 0 fully saturated rings. The largest absolute Gasteiger partial charge is 0.497 e. The molecule has 1 heterocycles. The molecule has 0 unspecified atom stereocenters. The van der Waals surface area contributed by atoms with Gasteiger partial charge >= 0.3 is 0 Å². The zero-order valence-electron chi connectivity index (χ0n) is 7.08. The molecule has 1 rings (SSSR count). The predicted molar refractivity (Wildman–Crippen MR) is 47.2 cm³/mol. The monoisotopic (exact) mass is 150 g/mol. The van der Waals surface area contributed by atoms with E-state index in [1.165, 1.54) is 5.57 Å². The molecule has 0 aliphatic carbocycles. The molecule has 0 atom stereocenters. The maximum Gasteiger partial charge on any atom is 0.113 e. The third-order valence-electron chi connectivity index (χ3n) is 1.43. The minimum absolute atomic E-state index is 0.623. The molecule has 1 aliphatic heterocycles. The van der Waals surface area contributed by atoms with Gasteiger partial charge < -0.3 is 4.74 Å². The lowest BCUT2D eigenvalue weighted by Crippen LogP contribution is -1.81. The van der Waals surface area contributed by atoms with E-state index in [2.05, 4.69) is 32.1 Å². The Morgan fingerprint density at radius 2 is 2.36 bits per heavy atom. The summed E-state index contributed by atoms with van der Waals surface area (Å²) in [4.78, 5) is 0. The van der Waals surface area contributed by atoms with Crippen LogP contribution in [0.1, 0.15) is 13.8 Å². The number of allylic oxidation sites excluding steroid dienone is 3. The second kappa shape index (κ2) is 4.02. The Labute approximate surface area is 68.1 Å². The zero-order chi connectivity index (χ0) is 8.10. The fourth-order valence-corrected chi connectivity index (χ4v) is 0.833. The van der Waals surface area contributed by atoms with Crippen LogP contribution in [-0.2, 0) is 4.74 Å². The smallest absolute Gasteiger partial charge is 0.113 e. The predicted octanol–water partition coefficient (Wildman–Crippen LogP) is 2.67. The number of hydrogen-bond acceptors (Lipinski definition) is 1. The Bertz CT molecular complexity index is 197. The molecule has 0 radical (unpaired) electrons. The summed E-state index contributed by atoms with van der Waals surface area (Å²) in [6, 6.07) is 0. The lowest BCUT2D eigenvalue weighted by molar-refractivity contribution is 0.301. The fraction of sp³-hybridized carbons (Fsp3) is 0.400. The van der Waals surface area contributed by atoms with E-state index in [1.807, 2.05) is 6.08 Å². The number of ether oxygens (including phenoxy) is 1. The molecule has 0 aromatic heterocycles. The molecule has 0 aromatic carbocycles. The average Bonchev–Trinajstić information content (AvgIpc) is 2.39. The topological polar surface area (TPSA) is 9.23 Å². The highest BCUT2D eigenvalue weighted by atomic mass is 16.5. The van der Waals surface area contributed by atoms with Crippen LogP contribution in [0.25, 0.3) is 0 Å². The normalized spacial score (nSPS) is 20.5. The lowest BCUT2D eigenvalue weighted by Gasteiger charge is -1.91. The van der Waals surface area contributed by atoms with Crippen molar-refractivity contribution in [2.24, 2.45) is 5.92 Å². The second-order valence-corrected chi connectivity index (χ2v) is 2.98. The van der Waals surface area contributed by atoms with E-state index >= 15 is 0 Å². The van der Waals surface area contributed by atoms with E-state index in [0.29, 0.717) is 5.92 Å². The van der Waals surface area contributed by atoms with Gasteiger partial charge in [-0.15, -0.1) is 0 Å². The van der Waals surface area contributed by atoms with E-state index in [-0.39, 0.29) is 0 Å². The van der Waals surface area contributed by atoms with Gasteiger partial charge in [0.05, 0.1) is 6.26 Å². The highest BCUT2D eigenvalue weighted by Gasteiger charge is 1.96. The maximum absolute atomic E-state index is 5.03. The minimum atomic E-state index is 0.623. The molecule has 0 saturated carbocycles. The molecule has 1 nitrogen and oxygen atoms in total. The van der Waals surface area contributed by atoms with Crippen molar-refractivity contribution in [2.45, 2.75) is 13.8 Å². The number of hydrogen-bond donors (Lipinski definition) is 0. The summed E-state index contributed by atoms with van der Waals surface area (Å²) in [5, 5.41) is 0. The van der Waals surface area contributed by atoms with Gasteiger partial charge in [-0.1, -0.05) is 32.1 Å². The summed E-state index contributed by atoms with van der Waals surface area (Å²) in [6.45, 7) is 5.05. The highest BCUT2D eigenvalue weighted by molar-refractivity contribution is 5.26. The van der Waals surface area contributed by atoms with E-state index in [1.54, 1.807) is 6.26 Å². The van der Waals surface area contributed by atoms with Crippen molar-refractivity contribution in [3.8, 4) is 0 Å². The Morgan fingerprint density at radius 1 is 1.55 bits per heavy atom. The van der Waals surface area contributed by atoms with Crippen LogP contribution in [0.2, 0.25) is 0 Å². The van der Waals surface area contributed by atoms with Crippen LogP contribution in [0.5, 0.6) is 0 Å². The molecular formula is C10H14O. The van der Waals surface area contributed by atoms with E-state index < -0.39 is 0 Å². The lowest BCUT2D eigenvalue weighted by atomic mass is 10.2. The molecule has 0 saturated heterocycles. The fourth-order valence-electron chi connectivity index (χ4n) is 0.833. The summed E-state index contributed by atoms with van der Waals surface area (Å²) in [5.74, 6) is 0.623. The van der Waals surface area contributed by atoms with Gasteiger partial charge in [0, 0.05) is 0 Å². The first-order valence-electron chi connectivity index (χ1n) is 3.94. The molecule has 1 heteroatoms. The average molecular weight is 150 g/mol. The van der Waals surface area contributed by atoms with Crippen LogP contribution in [0, 0.1) is 5.92 Å². The van der Waals surface area contributed by atoms with Crippen LogP contribution in [0.15, 0.2) is 36.1 Å². The molecule has 11 heavy (non-hydrogen) atoms. The first kappa shape index (κ1) is 8.12. The van der Waals surface area contributed by atoms with Crippen LogP contribution < -0.4 is 0 Å². The molecule has 0 aromatic rings. The van der Waals surface area contributed by atoms with Crippen molar-refractivity contribution in [1.82, 2.24) is 0 Å². The third kappa shape index (κ3) is 3.08. The molecule has 0 amide bonds. The van der Waals surface area contributed by atoms with Crippen LogP contribution in [-0.4, -0.2) is 6.61 Å². The van der Waals surface area contributed by atoms with E-state index in [9.17, 15) is 0 Å². The zero-order valence-corrected chi connectivity index (χ0v) is 7.08. The van der Waals surface area contributed by atoms with Gasteiger partial charge in [0.15, 0.2) is 0 Å². The quantitative estimate of drug-likeness (QED) is 0.588. The summed E-state index contributed by atoms with van der Waals surface area (Å²) in [6.07, 6.45) is 10.1.